The number of aromatic nitrogens is 2. The van der Waals surface area contributed by atoms with Crippen LogP contribution < -0.4 is 0 Å². The van der Waals surface area contributed by atoms with Gasteiger partial charge in [0.1, 0.15) is 0 Å². The lowest BCUT2D eigenvalue weighted by Gasteiger charge is -2.24. The number of hydrogen-bond acceptors (Lipinski definition) is 3. The summed E-state index contributed by atoms with van der Waals surface area (Å²) < 4.78 is 1.94. The second-order valence-corrected chi connectivity index (χ2v) is 6.02. The first-order chi connectivity index (χ1) is 10.1. The molecule has 0 aliphatic heterocycles. The van der Waals surface area contributed by atoms with E-state index in [1.54, 1.807) is 0 Å². The van der Waals surface area contributed by atoms with Gasteiger partial charge in [-0.05, 0) is 46.0 Å². The summed E-state index contributed by atoms with van der Waals surface area (Å²) >= 11 is 0. The predicted octanol–water partition coefficient (Wildman–Crippen LogP) is 2.49. The van der Waals surface area contributed by atoms with Crippen molar-refractivity contribution in [1.82, 2.24) is 14.7 Å². The van der Waals surface area contributed by atoms with Crippen molar-refractivity contribution in [1.29, 1.82) is 0 Å². The van der Waals surface area contributed by atoms with E-state index in [0.717, 1.165) is 42.0 Å². The topological polar surface area (TPSA) is 38.1 Å². The van der Waals surface area contributed by atoms with Crippen molar-refractivity contribution in [3.8, 4) is 5.69 Å². The van der Waals surface area contributed by atoms with Crippen LogP contribution in [0.5, 0.6) is 0 Å². The molecule has 0 amide bonds. The number of carbonyl (C=O) groups excluding carboxylic acids is 1. The Kier molecular flexibility index (Phi) is 3.64. The summed E-state index contributed by atoms with van der Waals surface area (Å²) in [6.45, 7) is 2.75. The van der Waals surface area contributed by atoms with Crippen molar-refractivity contribution in [2.45, 2.75) is 19.8 Å². The van der Waals surface area contributed by atoms with E-state index in [9.17, 15) is 4.79 Å². The van der Waals surface area contributed by atoms with Gasteiger partial charge < -0.3 is 4.90 Å². The third-order valence-corrected chi connectivity index (χ3v) is 4.09. The minimum absolute atomic E-state index is 0.0969. The lowest BCUT2D eigenvalue weighted by molar-refractivity contribution is 0.0876. The van der Waals surface area contributed by atoms with Crippen molar-refractivity contribution in [2.24, 2.45) is 5.92 Å². The van der Waals surface area contributed by atoms with Crippen LogP contribution in [0.4, 0.5) is 0 Å². The van der Waals surface area contributed by atoms with E-state index in [4.69, 9.17) is 0 Å². The molecule has 1 heterocycles. The smallest absolute Gasteiger partial charge is 0.170 e. The second-order valence-electron chi connectivity index (χ2n) is 6.02. The van der Waals surface area contributed by atoms with E-state index in [0.29, 0.717) is 0 Å². The van der Waals surface area contributed by atoms with Gasteiger partial charge in [-0.1, -0.05) is 18.2 Å². The molecule has 0 saturated heterocycles. The Hall–Kier alpha value is -1.94. The predicted molar refractivity (Wildman–Crippen MR) is 83.0 cm³/mol. The van der Waals surface area contributed by atoms with E-state index in [-0.39, 0.29) is 11.7 Å². The maximum atomic E-state index is 12.7. The number of Topliss-reactive ketones (excluding diaryl/α,β-unsaturated/α-hetero) is 1. The molecule has 1 aliphatic rings. The number of para-hydroxylation sites is 1. The van der Waals surface area contributed by atoms with Gasteiger partial charge in [0.25, 0.3) is 0 Å². The van der Waals surface area contributed by atoms with Crippen molar-refractivity contribution >= 4 is 5.78 Å². The SMILES string of the molecule is Cc1nn(-c2ccccc2)c2c1C(=O)C(CN(C)C)CC2. The zero-order valence-electron chi connectivity index (χ0n) is 12.8. The van der Waals surface area contributed by atoms with Crippen LogP contribution in [0.3, 0.4) is 0 Å². The number of nitrogens with zero attached hydrogens (tertiary/aromatic N) is 3. The summed E-state index contributed by atoms with van der Waals surface area (Å²) in [6.07, 6.45) is 1.82. The Bertz CT molecular complexity index is 658. The van der Waals surface area contributed by atoms with E-state index in [2.05, 4.69) is 10.00 Å². The minimum atomic E-state index is 0.0969. The zero-order valence-corrected chi connectivity index (χ0v) is 12.8. The van der Waals surface area contributed by atoms with Crippen LogP contribution in [0, 0.1) is 12.8 Å². The normalized spacial score (nSPS) is 18.1. The molecule has 0 bridgehead atoms. The first kappa shape index (κ1) is 14.0. The van der Waals surface area contributed by atoms with Gasteiger partial charge in [-0.3, -0.25) is 4.79 Å². The maximum Gasteiger partial charge on any atom is 0.170 e. The molecule has 1 atom stereocenters. The standard InChI is InChI=1S/C17H21N3O/c1-12-16-15(10-9-13(17(16)21)11-19(2)3)20(18-12)14-7-5-4-6-8-14/h4-8,13H,9-11H2,1-3H3. The molecule has 0 spiro atoms. The van der Waals surface area contributed by atoms with E-state index in [1.165, 1.54) is 0 Å². The van der Waals surface area contributed by atoms with E-state index < -0.39 is 0 Å². The zero-order chi connectivity index (χ0) is 15.0. The van der Waals surface area contributed by atoms with Crippen LogP contribution in [0.2, 0.25) is 0 Å². The van der Waals surface area contributed by atoms with Gasteiger partial charge in [0.05, 0.1) is 22.6 Å². The molecule has 110 valence electrons. The molecule has 1 aliphatic carbocycles. The van der Waals surface area contributed by atoms with Crippen LogP contribution in [0.15, 0.2) is 30.3 Å². The van der Waals surface area contributed by atoms with Crippen LogP contribution >= 0.6 is 0 Å². The average Bonchev–Trinajstić information content (AvgIpc) is 2.80. The van der Waals surface area contributed by atoms with Gasteiger partial charge in [0, 0.05) is 12.5 Å². The Morgan fingerprint density at radius 2 is 2.00 bits per heavy atom. The lowest BCUT2D eigenvalue weighted by Crippen LogP contribution is -2.32. The Labute approximate surface area is 125 Å². The summed E-state index contributed by atoms with van der Waals surface area (Å²) in [5.41, 5.74) is 3.79. The Morgan fingerprint density at radius 1 is 1.29 bits per heavy atom. The summed E-state index contributed by atoms with van der Waals surface area (Å²) in [5.74, 6) is 0.351. The molecular formula is C17H21N3O. The number of aryl methyl sites for hydroxylation is 1. The summed E-state index contributed by atoms with van der Waals surface area (Å²) in [7, 11) is 4.03. The summed E-state index contributed by atoms with van der Waals surface area (Å²) in [6, 6.07) is 10.0. The average molecular weight is 283 g/mol. The molecule has 4 heteroatoms. The molecule has 2 aromatic rings. The van der Waals surface area contributed by atoms with Gasteiger partial charge in [0.15, 0.2) is 5.78 Å². The molecule has 21 heavy (non-hydrogen) atoms. The molecule has 0 N–H and O–H groups in total. The highest BCUT2D eigenvalue weighted by atomic mass is 16.1. The number of hydrogen-bond donors (Lipinski definition) is 0. The van der Waals surface area contributed by atoms with Crippen molar-refractivity contribution in [3.63, 3.8) is 0 Å². The maximum absolute atomic E-state index is 12.7. The molecule has 1 aromatic carbocycles. The molecule has 0 fully saturated rings. The fourth-order valence-electron chi connectivity index (χ4n) is 3.17. The largest absolute Gasteiger partial charge is 0.309 e. The quantitative estimate of drug-likeness (QED) is 0.868. The second kappa shape index (κ2) is 5.45. The van der Waals surface area contributed by atoms with Crippen LogP contribution in [-0.4, -0.2) is 41.1 Å². The van der Waals surface area contributed by atoms with Crippen molar-refractivity contribution in [2.75, 3.05) is 20.6 Å². The number of carbonyl (C=O) groups is 1. The van der Waals surface area contributed by atoms with Gasteiger partial charge in [-0.15, -0.1) is 0 Å². The van der Waals surface area contributed by atoms with E-state index >= 15 is 0 Å². The fourth-order valence-corrected chi connectivity index (χ4v) is 3.17. The van der Waals surface area contributed by atoms with Crippen LogP contribution in [0.1, 0.15) is 28.2 Å². The van der Waals surface area contributed by atoms with E-state index in [1.807, 2.05) is 56.0 Å². The lowest BCUT2D eigenvalue weighted by atomic mass is 9.85. The summed E-state index contributed by atoms with van der Waals surface area (Å²) in [4.78, 5) is 14.8. The first-order valence-electron chi connectivity index (χ1n) is 7.41. The fraction of sp³-hybridized carbons (Fsp3) is 0.412. The molecular weight excluding hydrogens is 262 g/mol. The van der Waals surface area contributed by atoms with Crippen LogP contribution in [-0.2, 0) is 6.42 Å². The van der Waals surface area contributed by atoms with Gasteiger partial charge in [-0.25, -0.2) is 4.68 Å². The number of benzene rings is 1. The van der Waals surface area contributed by atoms with Gasteiger partial charge in [-0.2, -0.15) is 5.10 Å². The number of fused-ring (bicyclic) bond motifs is 1. The van der Waals surface area contributed by atoms with Crippen LogP contribution in [0.25, 0.3) is 5.69 Å². The highest BCUT2D eigenvalue weighted by Gasteiger charge is 2.32. The Balaban J connectivity index is 2.01. The monoisotopic (exact) mass is 283 g/mol. The molecule has 0 radical (unpaired) electrons. The van der Waals surface area contributed by atoms with Crippen molar-refractivity contribution in [3.05, 3.63) is 47.3 Å². The summed E-state index contributed by atoms with van der Waals surface area (Å²) in [5, 5.41) is 4.61. The highest BCUT2D eigenvalue weighted by Crippen LogP contribution is 2.30. The minimum Gasteiger partial charge on any atom is -0.309 e. The van der Waals surface area contributed by atoms with Crippen molar-refractivity contribution < 1.29 is 4.79 Å². The molecule has 1 aromatic heterocycles. The molecule has 3 rings (SSSR count). The van der Waals surface area contributed by atoms with Gasteiger partial charge >= 0.3 is 0 Å². The molecule has 4 nitrogen and oxygen atoms in total. The Morgan fingerprint density at radius 3 is 2.67 bits per heavy atom. The molecule has 1 unspecified atom stereocenters. The third kappa shape index (κ3) is 2.51. The van der Waals surface area contributed by atoms with Gasteiger partial charge in [0.2, 0.25) is 0 Å². The number of rotatable bonds is 3. The third-order valence-electron chi connectivity index (χ3n) is 4.09. The highest BCUT2D eigenvalue weighted by molar-refractivity contribution is 6.01. The first-order valence-corrected chi connectivity index (χ1v) is 7.41. The number of ketones is 1. The molecule has 0 saturated carbocycles.